The Kier molecular flexibility index (Phi) is 12.1. The molecule has 0 spiro atoms. The number of hydrogen-bond acceptors (Lipinski definition) is 6. The summed E-state index contributed by atoms with van der Waals surface area (Å²) < 4.78 is 9.71. The van der Waals surface area contributed by atoms with Crippen LogP contribution >= 0.6 is 0 Å². The number of carbonyl (C=O) groups is 2. The monoisotopic (exact) mass is 398 g/mol. The highest BCUT2D eigenvalue weighted by Crippen LogP contribution is 2.24. The average Bonchev–Trinajstić information content (AvgIpc) is 2.66. The second-order valence-electron chi connectivity index (χ2n) is 6.43. The lowest BCUT2D eigenvalue weighted by Crippen LogP contribution is -2.13. The summed E-state index contributed by atoms with van der Waals surface area (Å²) >= 11 is 0. The van der Waals surface area contributed by atoms with Gasteiger partial charge in [0.25, 0.3) is 0 Å². The van der Waals surface area contributed by atoms with Gasteiger partial charge in [0.05, 0.1) is 11.1 Å². The lowest BCUT2D eigenvalue weighted by atomic mass is 9.90. The van der Waals surface area contributed by atoms with Crippen LogP contribution in [0.1, 0.15) is 70.4 Å². The fraction of sp³-hybridized carbons (Fsp3) is 0.600. The minimum atomic E-state index is -1.13. The largest absolute Gasteiger partial charge is 0.478 e. The molecule has 0 saturated heterocycles. The van der Waals surface area contributed by atoms with Crippen molar-refractivity contribution in [2.24, 2.45) is 0 Å². The third-order valence-corrected chi connectivity index (χ3v) is 4.48. The molecule has 1 aromatic carbocycles. The van der Waals surface area contributed by atoms with Gasteiger partial charge in [-0.25, -0.2) is 9.59 Å². The summed E-state index contributed by atoms with van der Waals surface area (Å²) in [4.78, 5) is 23.4. The van der Waals surface area contributed by atoms with Crippen LogP contribution in [0.15, 0.2) is 12.1 Å². The van der Waals surface area contributed by atoms with Crippen LogP contribution in [-0.4, -0.2) is 59.2 Å². The van der Waals surface area contributed by atoms with Gasteiger partial charge in [0.15, 0.2) is 0 Å². The predicted octanol–water partition coefficient (Wildman–Crippen LogP) is 2.44. The van der Waals surface area contributed by atoms with E-state index in [-0.39, 0.29) is 24.7 Å². The topological polar surface area (TPSA) is 134 Å². The Labute approximate surface area is 164 Å². The first kappa shape index (κ1) is 24.0. The first-order valence-electron chi connectivity index (χ1n) is 9.51. The van der Waals surface area contributed by atoms with Crippen LogP contribution < -0.4 is 0 Å². The second kappa shape index (κ2) is 14.1. The molecule has 0 heterocycles. The van der Waals surface area contributed by atoms with Crippen molar-refractivity contribution < 1.29 is 39.5 Å². The molecule has 0 aliphatic rings. The van der Waals surface area contributed by atoms with E-state index in [1.165, 1.54) is 6.07 Å². The van der Waals surface area contributed by atoms with E-state index in [0.717, 1.165) is 25.7 Å². The summed E-state index contributed by atoms with van der Waals surface area (Å²) in [6.07, 6.45) is 5.32. The van der Waals surface area contributed by atoms with Crippen molar-refractivity contribution in [2.45, 2.75) is 51.4 Å². The number of aliphatic hydroxyl groups excluding tert-OH is 2. The fourth-order valence-electron chi connectivity index (χ4n) is 3.14. The third-order valence-electron chi connectivity index (χ3n) is 4.48. The molecule has 0 fully saturated rings. The number of aliphatic hydroxyl groups is 2. The summed E-state index contributed by atoms with van der Waals surface area (Å²) in [5, 5.41) is 36.3. The highest BCUT2D eigenvalue weighted by Gasteiger charge is 2.21. The smallest absolute Gasteiger partial charge is 0.336 e. The lowest BCUT2D eigenvalue weighted by Gasteiger charge is -2.15. The van der Waals surface area contributed by atoms with Crippen molar-refractivity contribution in [1.29, 1.82) is 0 Å². The maximum atomic E-state index is 11.9. The standard InChI is InChI=1S/C20H30O8/c21-13-27-11-5-1-3-7-15-9-10-17(19(23)24)16(18(15)20(25)26)8-4-2-6-12-28-14-22/h9-10,21-22H,1-8,11-14H2,(H,23,24)(H,25,26). The molecular weight excluding hydrogens is 368 g/mol. The minimum absolute atomic E-state index is 0.0316. The van der Waals surface area contributed by atoms with Crippen LogP contribution in [0.4, 0.5) is 0 Å². The number of benzene rings is 1. The summed E-state index contributed by atoms with van der Waals surface area (Å²) in [6.45, 7) is 0.218. The van der Waals surface area contributed by atoms with Gasteiger partial charge >= 0.3 is 11.9 Å². The Morgan fingerprint density at radius 2 is 1.32 bits per heavy atom. The number of unbranched alkanes of at least 4 members (excludes halogenated alkanes) is 4. The number of carboxylic acid groups (broad SMARTS) is 2. The highest BCUT2D eigenvalue weighted by molar-refractivity contribution is 5.97. The zero-order valence-corrected chi connectivity index (χ0v) is 16.1. The van der Waals surface area contributed by atoms with Gasteiger partial charge in [0.2, 0.25) is 0 Å². The summed E-state index contributed by atoms with van der Waals surface area (Å²) in [5.74, 6) is -2.24. The summed E-state index contributed by atoms with van der Waals surface area (Å²) in [6, 6.07) is 3.08. The molecule has 8 nitrogen and oxygen atoms in total. The maximum Gasteiger partial charge on any atom is 0.336 e. The molecule has 0 saturated carbocycles. The van der Waals surface area contributed by atoms with Gasteiger partial charge in [-0.2, -0.15) is 0 Å². The molecule has 4 N–H and O–H groups in total. The normalized spacial score (nSPS) is 10.9. The van der Waals surface area contributed by atoms with Crippen LogP contribution in [0.3, 0.4) is 0 Å². The Morgan fingerprint density at radius 3 is 1.82 bits per heavy atom. The van der Waals surface area contributed by atoms with Crippen LogP contribution in [0.25, 0.3) is 0 Å². The van der Waals surface area contributed by atoms with Crippen LogP contribution in [0.2, 0.25) is 0 Å². The molecule has 0 bridgehead atoms. The van der Waals surface area contributed by atoms with Gasteiger partial charge in [-0.3, -0.25) is 0 Å². The van der Waals surface area contributed by atoms with E-state index >= 15 is 0 Å². The molecule has 0 unspecified atom stereocenters. The molecule has 0 aliphatic carbocycles. The molecule has 0 aromatic heterocycles. The average molecular weight is 398 g/mol. The number of hydrogen-bond donors (Lipinski definition) is 4. The van der Waals surface area contributed by atoms with Gasteiger partial charge in [0, 0.05) is 13.2 Å². The Morgan fingerprint density at radius 1 is 0.750 bits per heavy atom. The summed E-state index contributed by atoms with van der Waals surface area (Å²) in [5.41, 5.74) is 1.13. The maximum absolute atomic E-state index is 11.9. The van der Waals surface area contributed by atoms with Gasteiger partial charge in [-0.15, -0.1) is 0 Å². The molecule has 0 radical (unpaired) electrons. The predicted molar refractivity (Wildman–Crippen MR) is 102 cm³/mol. The third kappa shape index (κ3) is 8.35. The number of aromatic carboxylic acids is 2. The first-order valence-corrected chi connectivity index (χ1v) is 9.51. The van der Waals surface area contributed by atoms with Crippen LogP contribution in [0.5, 0.6) is 0 Å². The van der Waals surface area contributed by atoms with Crippen LogP contribution in [0, 0.1) is 0 Å². The van der Waals surface area contributed by atoms with E-state index in [9.17, 15) is 19.8 Å². The second-order valence-corrected chi connectivity index (χ2v) is 6.43. The first-order chi connectivity index (χ1) is 13.5. The van der Waals surface area contributed by atoms with Crippen molar-refractivity contribution in [2.75, 3.05) is 26.8 Å². The molecule has 1 rings (SSSR count). The van der Waals surface area contributed by atoms with Gasteiger partial charge < -0.3 is 29.9 Å². The zero-order chi connectivity index (χ0) is 20.8. The van der Waals surface area contributed by atoms with Gasteiger partial charge in [0.1, 0.15) is 13.6 Å². The van der Waals surface area contributed by atoms with E-state index in [4.69, 9.17) is 19.7 Å². The zero-order valence-electron chi connectivity index (χ0n) is 16.1. The van der Waals surface area contributed by atoms with E-state index in [0.29, 0.717) is 50.0 Å². The van der Waals surface area contributed by atoms with Crippen molar-refractivity contribution in [3.8, 4) is 0 Å². The van der Waals surface area contributed by atoms with Gasteiger partial charge in [-0.05, 0) is 55.7 Å². The van der Waals surface area contributed by atoms with Crippen molar-refractivity contribution in [3.05, 3.63) is 34.4 Å². The Hall–Kier alpha value is -2.00. The number of rotatable bonds is 16. The fourth-order valence-corrected chi connectivity index (χ4v) is 3.14. The number of aryl methyl sites for hydroxylation is 1. The SMILES string of the molecule is O=C(O)c1ccc(CCCCCOCO)c(C(=O)O)c1CCCCCOCO. The lowest BCUT2D eigenvalue weighted by molar-refractivity contribution is -0.00309. The molecule has 0 atom stereocenters. The number of carboxylic acids is 2. The Balaban J connectivity index is 2.84. The van der Waals surface area contributed by atoms with Crippen molar-refractivity contribution in [3.63, 3.8) is 0 Å². The van der Waals surface area contributed by atoms with Crippen molar-refractivity contribution in [1.82, 2.24) is 0 Å². The quantitative estimate of drug-likeness (QED) is 0.246. The number of ether oxygens (including phenoxy) is 2. The molecule has 8 heteroatoms. The highest BCUT2D eigenvalue weighted by atomic mass is 16.6. The minimum Gasteiger partial charge on any atom is -0.478 e. The molecule has 0 aliphatic heterocycles. The molecular formula is C20H30O8. The van der Waals surface area contributed by atoms with Crippen LogP contribution in [-0.2, 0) is 22.3 Å². The van der Waals surface area contributed by atoms with Gasteiger partial charge in [-0.1, -0.05) is 18.9 Å². The molecule has 158 valence electrons. The van der Waals surface area contributed by atoms with E-state index in [2.05, 4.69) is 0 Å². The van der Waals surface area contributed by atoms with Crippen molar-refractivity contribution >= 4 is 11.9 Å². The Bertz CT molecular complexity index is 614. The summed E-state index contributed by atoms with van der Waals surface area (Å²) in [7, 11) is 0. The van der Waals surface area contributed by atoms with E-state index < -0.39 is 11.9 Å². The molecule has 0 amide bonds. The molecule has 28 heavy (non-hydrogen) atoms. The van der Waals surface area contributed by atoms with E-state index in [1.807, 2.05) is 0 Å². The molecule has 1 aromatic rings. The van der Waals surface area contributed by atoms with E-state index in [1.54, 1.807) is 6.07 Å².